The predicted octanol–water partition coefficient (Wildman–Crippen LogP) is 5.37. The van der Waals surface area contributed by atoms with Crippen molar-refractivity contribution >= 4 is 66.6 Å². The highest BCUT2D eigenvalue weighted by atomic mass is 79.9. The summed E-state index contributed by atoms with van der Waals surface area (Å²) in [4.78, 5) is 26.1. The average Bonchev–Trinajstić information content (AvgIpc) is 3.18. The van der Waals surface area contributed by atoms with E-state index in [0.717, 1.165) is 51.8 Å². The third-order valence-corrected chi connectivity index (χ3v) is 5.92. The number of carbonyl (C=O) groups is 2. The fourth-order valence-corrected chi connectivity index (χ4v) is 4.85. The molecule has 0 unspecified atom stereocenters. The largest absolute Gasteiger partial charge is 0.312 e. The Labute approximate surface area is 180 Å². The van der Waals surface area contributed by atoms with Gasteiger partial charge in [0.1, 0.15) is 0 Å². The second-order valence-corrected chi connectivity index (χ2v) is 8.75. The molecule has 2 aromatic carbocycles. The van der Waals surface area contributed by atoms with E-state index in [4.69, 9.17) is 11.6 Å². The summed E-state index contributed by atoms with van der Waals surface area (Å²) in [5, 5.41) is 0.641. The number of nitrogens with zero attached hydrogens (tertiary/aromatic N) is 2. The quantitative estimate of drug-likeness (QED) is 0.474. The zero-order chi connectivity index (χ0) is 19.7. The van der Waals surface area contributed by atoms with Crippen molar-refractivity contribution in [3.8, 4) is 0 Å². The van der Waals surface area contributed by atoms with Gasteiger partial charge in [0.25, 0.3) is 0 Å². The minimum Gasteiger partial charge on any atom is -0.312 e. The molecule has 0 spiro atoms. The van der Waals surface area contributed by atoms with Crippen LogP contribution in [0, 0.1) is 0 Å². The summed E-state index contributed by atoms with van der Waals surface area (Å²) >= 11 is 12.9. The number of amides is 2. The van der Waals surface area contributed by atoms with Gasteiger partial charge in [-0.05, 0) is 54.3 Å². The van der Waals surface area contributed by atoms with Crippen molar-refractivity contribution in [3.63, 3.8) is 0 Å². The molecule has 142 valence electrons. The van der Waals surface area contributed by atoms with E-state index in [9.17, 15) is 9.59 Å². The zero-order valence-corrected chi connectivity index (χ0v) is 19.0. The molecule has 0 aliphatic carbocycles. The van der Waals surface area contributed by atoms with Gasteiger partial charge in [0.15, 0.2) is 0 Å². The van der Waals surface area contributed by atoms with E-state index < -0.39 is 0 Å². The molecule has 0 aromatic heterocycles. The number of fused-ring (bicyclic) bond motifs is 2. The van der Waals surface area contributed by atoms with Crippen molar-refractivity contribution in [2.24, 2.45) is 0 Å². The van der Waals surface area contributed by atoms with E-state index in [1.54, 1.807) is 18.7 Å². The molecule has 0 N–H and O–H groups in total. The molecule has 0 bridgehead atoms. The van der Waals surface area contributed by atoms with Crippen LogP contribution < -0.4 is 9.80 Å². The molecule has 0 saturated carbocycles. The van der Waals surface area contributed by atoms with Crippen LogP contribution in [-0.4, -0.2) is 24.9 Å². The maximum atomic E-state index is 11.3. The Bertz CT molecular complexity index is 917. The van der Waals surface area contributed by atoms with E-state index in [1.807, 2.05) is 29.2 Å². The van der Waals surface area contributed by atoms with Crippen molar-refractivity contribution in [3.05, 3.63) is 55.4 Å². The fraction of sp³-hybridized carbons (Fsp3) is 0.300. The second-order valence-electron chi connectivity index (χ2n) is 6.51. The number of halogens is 3. The van der Waals surface area contributed by atoms with Gasteiger partial charge in [-0.1, -0.05) is 43.5 Å². The summed E-state index contributed by atoms with van der Waals surface area (Å²) in [6, 6.07) is 9.89. The first kappa shape index (κ1) is 20.4. The monoisotopic (exact) mass is 512 g/mol. The molecule has 7 heteroatoms. The molecule has 0 radical (unpaired) electrons. The van der Waals surface area contributed by atoms with E-state index >= 15 is 0 Å². The van der Waals surface area contributed by atoms with Crippen molar-refractivity contribution < 1.29 is 9.59 Å². The molecule has 27 heavy (non-hydrogen) atoms. The van der Waals surface area contributed by atoms with Crippen LogP contribution in [0.2, 0.25) is 5.02 Å². The van der Waals surface area contributed by atoms with Gasteiger partial charge >= 0.3 is 0 Å². The number of rotatable bonds is 0. The Morgan fingerprint density at radius 1 is 0.889 bits per heavy atom. The number of benzene rings is 2. The van der Waals surface area contributed by atoms with Gasteiger partial charge in [-0.2, -0.15) is 0 Å². The molecule has 2 aliphatic rings. The smallest absolute Gasteiger partial charge is 0.223 e. The lowest BCUT2D eigenvalue weighted by Crippen LogP contribution is -2.25. The Morgan fingerprint density at radius 2 is 1.48 bits per heavy atom. The predicted molar refractivity (Wildman–Crippen MR) is 117 cm³/mol. The minimum atomic E-state index is 0.0490. The maximum Gasteiger partial charge on any atom is 0.223 e. The van der Waals surface area contributed by atoms with Crippen LogP contribution in [0.3, 0.4) is 0 Å². The first-order valence-electron chi connectivity index (χ1n) is 8.60. The number of hydrogen-bond acceptors (Lipinski definition) is 2. The van der Waals surface area contributed by atoms with Crippen molar-refractivity contribution in [1.29, 1.82) is 0 Å². The zero-order valence-electron chi connectivity index (χ0n) is 15.1. The Hall–Kier alpha value is -1.37. The lowest BCUT2D eigenvalue weighted by atomic mass is 10.2. The Kier molecular flexibility index (Phi) is 6.28. The van der Waals surface area contributed by atoms with Crippen LogP contribution in [0.25, 0.3) is 0 Å². The number of hydrogen-bond donors (Lipinski definition) is 0. The van der Waals surface area contributed by atoms with Crippen LogP contribution in [0.15, 0.2) is 39.3 Å². The van der Waals surface area contributed by atoms with Crippen molar-refractivity contribution in [2.45, 2.75) is 26.7 Å². The van der Waals surface area contributed by atoms with Gasteiger partial charge in [-0.25, -0.2) is 0 Å². The molecule has 2 aromatic rings. The third kappa shape index (κ3) is 4.39. The average molecular weight is 515 g/mol. The van der Waals surface area contributed by atoms with Gasteiger partial charge in [-0.3, -0.25) is 9.59 Å². The fourth-order valence-electron chi connectivity index (χ4n) is 3.47. The molecule has 2 amide bonds. The molecular weight excluding hydrogens is 495 g/mol. The van der Waals surface area contributed by atoms with Gasteiger partial charge in [0.2, 0.25) is 11.8 Å². The highest BCUT2D eigenvalue weighted by Gasteiger charge is 2.25. The summed E-state index contributed by atoms with van der Waals surface area (Å²) in [6.07, 6.45) is 1.85. The lowest BCUT2D eigenvalue weighted by Gasteiger charge is -2.16. The van der Waals surface area contributed by atoms with Crippen LogP contribution >= 0.6 is 43.5 Å². The van der Waals surface area contributed by atoms with Gasteiger partial charge in [0, 0.05) is 41.6 Å². The highest BCUT2D eigenvalue weighted by Crippen LogP contribution is 2.37. The number of anilines is 2. The first-order valence-corrected chi connectivity index (χ1v) is 10.6. The minimum absolute atomic E-state index is 0.0490. The van der Waals surface area contributed by atoms with Crippen LogP contribution in [0.5, 0.6) is 0 Å². The summed E-state index contributed by atoms with van der Waals surface area (Å²) in [6.45, 7) is 4.73. The molecule has 0 saturated heterocycles. The third-order valence-electron chi connectivity index (χ3n) is 4.68. The highest BCUT2D eigenvalue weighted by molar-refractivity contribution is 9.10. The molecule has 4 rings (SSSR count). The van der Waals surface area contributed by atoms with Crippen molar-refractivity contribution in [1.82, 2.24) is 0 Å². The van der Waals surface area contributed by atoms with Gasteiger partial charge < -0.3 is 9.80 Å². The summed E-state index contributed by atoms with van der Waals surface area (Å²) in [5.41, 5.74) is 4.34. The topological polar surface area (TPSA) is 40.6 Å². The Morgan fingerprint density at radius 3 is 2.15 bits per heavy atom. The SMILES string of the molecule is CC(=O)N1CCc2cc(Br)cc(Cl)c21.CC(=O)N1CCc2cc(Br)ccc21. The number of carbonyl (C=O) groups excluding carboxylic acids is 2. The molecule has 2 heterocycles. The summed E-state index contributed by atoms with van der Waals surface area (Å²) in [7, 11) is 0. The normalized spacial score (nSPS) is 14.4. The van der Waals surface area contributed by atoms with Crippen molar-refractivity contribution in [2.75, 3.05) is 22.9 Å². The summed E-state index contributed by atoms with van der Waals surface area (Å²) < 4.78 is 2.04. The molecule has 4 nitrogen and oxygen atoms in total. The maximum absolute atomic E-state index is 11.3. The molecular formula is C20H19Br2ClN2O2. The molecule has 2 aliphatic heterocycles. The van der Waals surface area contributed by atoms with Crippen LogP contribution in [0.1, 0.15) is 25.0 Å². The Balaban J connectivity index is 0.000000156. The second kappa shape index (κ2) is 8.33. The summed E-state index contributed by atoms with van der Waals surface area (Å²) in [5.74, 6) is 0.175. The van der Waals surface area contributed by atoms with E-state index in [2.05, 4.69) is 37.9 Å². The van der Waals surface area contributed by atoms with Gasteiger partial charge in [-0.15, -0.1) is 0 Å². The standard InChI is InChI=1S/C10H9BrClNO.C10H10BrNO/c1-6(14)13-3-2-7-4-8(11)5-9(12)10(7)13;1-7(13)12-5-4-8-6-9(11)2-3-10(8)12/h4-5H,2-3H2,1H3;2-3,6H,4-5H2,1H3. The molecule has 0 atom stereocenters. The molecule has 0 fully saturated rings. The lowest BCUT2D eigenvalue weighted by molar-refractivity contribution is -0.117. The van der Waals surface area contributed by atoms with E-state index in [1.165, 1.54) is 5.56 Å². The van der Waals surface area contributed by atoms with E-state index in [0.29, 0.717) is 5.02 Å². The first-order chi connectivity index (χ1) is 12.8. The van der Waals surface area contributed by atoms with Crippen LogP contribution in [-0.2, 0) is 22.4 Å². The van der Waals surface area contributed by atoms with Crippen LogP contribution in [0.4, 0.5) is 11.4 Å². The van der Waals surface area contributed by atoms with E-state index in [-0.39, 0.29) is 11.8 Å². The van der Waals surface area contributed by atoms with Gasteiger partial charge in [0.05, 0.1) is 10.7 Å².